The predicted molar refractivity (Wildman–Crippen MR) is 66.8 cm³/mol. The van der Waals surface area contributed by atoms with Crippen molar-refractivity contribution in [2.24, 2.45) is 0 Å². The van der Waals surface area contributed by atoms with Crippen LogP contribution >= 0.6 is 11.6 Å². The van der Waals surface area contributed by atoms with E-state index in [9.17, 15) is 4.79 Å². The molecule has 4 heteroatoms. The number of rotatable bonds is 3. The highest BCUT2D eigenvalue weighted by molar-refractivity contribution is 6.31. The fraction of sp³-hybridized carbons (Fsp3) is 0.417. The molecule has 0 atom stereocenters. The van der Waals surface area contributed by atoms with Crippen LogP contribution in [0.3, 0.4) is 0 Å². The molecule has 3 nitrogen and oxygen atoms in total. The van der Waals surface area contributed by atoms with Crippen molar-refractivity contribution in [2.75, 3.05) is 7.05 Å². The Morgan fingerprint density at radius 3 is 2.62 bits per heavy atom. The normalized spacial score (nSPS) is 10.3. The molecular formula is C12H17ClN2O. The Kier molecular flexibility index (Phi) is 4.62. The number of amides is 2. The summed E-state index contributed by atoms with van der Waals surface area (Å²) in [6.45, 7) is 4.68. The van der Waals surface area contributed by atoms with Gasteiger partial charge >= 0.3 is 6.03 Å². The molecule has 88 valence electrons. The van der Waals surface area contributed by atoms with Crippen molar-refractivity contribution in [3.8, 4) is 0 Å². The topological polar surface area (TPSA) is 41.1 Å². The molecule has 0 radical (unpaired) electrons. The van der Waals surface area contributed by atoms with E-state index in [1.54, 1.807) is 7.05 Å². The number of carbonyl (C=O) groups excluding carboxylic acids is 1. The van der Waals surface area contributed by atoms with Gasteiger partial charge in [-0.1, -0.05) is 37.6 Å². The van der Waals surface area contributed by atoms with E-state index in [4.69, 9.17) is 11.6 Å². The first-order valence-electron chi connectivity index (χ1n) is 5.28. The first kappa shape index (κ1) is 12.8. The lowest BCUT2D eigenvalue weighted by Gasteiger charge is -2.10. The maximum absolute atomic E-state index is 11.0. The minimum absolute atomic E-state index is 0.205. The van der Waals surface area contributed by atoms with E-state index in [0.717, 1.165) is 5.56 Å². The molecule has 0 spiro atoms. The monoisotopic (exact) mass is 240 g/mol. The predicted octanol–water partition coefficient (Wildman–Crippen LogP) is 2.89. The average Bonchev–Trinajstić information content (AvgIpc) is 2.26. The number of nitrogens with one attached hydrogen (secondary N) is 2. The Hall–Kier alpha value is -1.22. The van der Waals surface area contributed by atoms with Gasteiger partial charge in [0, 0.05) is 18.6 Å². The number of hydrogen-bond donors (Lipinski definition) is 2. The molecule has 1 aromatic carbocycles. The van der Waals surface area contributed by atoms with Crippen LogP contribution in [-0.2, 0) is 6.54 Å². The van der Waals surface area contributed by atoms with Gasteiger partial charge in [0.25, 0.3) is 0 Å². The summed E-state index contributed by atoms with van der Waals surface area (Å²) in [5.41, 5.74) is 2.13. The molecule has 0 unspecified atom stereocenters. The largest absolute Gasteiger partial charge is 0.341 e. The summed E-state index contributed by atoms with van der Waals surface area (Å²) in [5, 5.41) is 5.89. The maximum Gasteiger partial charge on any atom is 0.314 e. The van der Waals surface area contributed by atoms with E-state index in [1.165, 1.54) is 5.56 Å². The summed E-state index contributed by atoms with van der Waals surface area (Å²) in [6, 6.07) is 5.74. The van der Waals surface area contributed by atoms with Gasteiger partial charge in [0.1, 0.15) is 0 Å². The Bertz CT molecular complexity index is 377. The van der Waals surface area contributed by atoms with E-state index in [2.05, 4.69) is 24.5 Å². The van der Waals surface area contributed by atoms with Crippen LogP contribution < -0.4 is 10.6 Å². The van der Waals surface area contributed by atoms with E-state index in [0.29, 0.717) is 17.5 Å². The molecule has 0 heterocycles. The lowest BCUT2D eigenvalue weighted by atomic mass is 10.0. The lowest BCUT2D eigenvalue weighted by molar-refractivity contribution is 0.242. The fourth-order valence-electron chi connectivity index (χ4n) is 1.33. The van der Waals surface area contributed by atoms with Crippen LogP contribution in [0.2, 0.25) is 5.02 Å². The standard InChI is InChI=1S/C12H17ClN2O/c1-8(2)9-4-5-10(11(13)6-9)7-15-12(16)14-3/h4-6,8H,7H2,1-3H3,(H2,14,15,16). The molecule has 1 aromatic rings. The second kappa shape index (κ2) is 5.75. The van der Waals surface area contributed by atoms with Crippen LogP contribution in [0.25, 0.3) is 0 Å². The van der Waals surface area contributed by atoms with Gasteiger partial charge in [-0.05, 0) is 23.1 Å². The fourth-order valence-corrected chi connectivity index (χ4v) is 1.59. The van der Waals surface area contributed by atoms with E-state index < -0.39 is 0 Å². The molecule has 2 amide bonds. The number of halogens is 1. The van der Waals surface area contributed by atoms with Crippen LogP contribution in [0.5, 0.6) is 0 Å². The second-order valence-corrected chi connectivity index (χ2v) is 4.35. The van der Waals surface area contributed by atoms with Gasteiger partial charge in [0.15, 0.2) is 0 Å². The summed E-state index contributed by atoms with van der Waals surface area (Å²) in [4.78, 5) is 11.0. The summed E-state index contributed by atoms with van der Waals surface area (Å²) >= 11 is 6.13. The minimum atomic E-state index is -0.205. The highest BCUT2D eigenvalue weighted by Crippen LogP contribution is 2.22. The Morgan fingerprint density at radius 2 is 2.12 bits per heavy atom. The highest BCUT2D eigenvalue weighted by Gasteiger charge is 2.05. The SMILES string of the molecule is CNC(=O)NCc1ccc(C(C)C)cc1Cl. The molecule has 0 aromatic heterocycles. The van der Waals surface area contributed by atoms with Crippen molar-refractivity contribution in [1.82, 2.24) is 10.6 Å². The third-order valence-electron chi connectivity index (χ3n) is 2.41. The van der Waals surface area contributed by atoms with Gasteiger partial charge in [-0.25, -0.2) is 4.79 Å². The van der Waals surface area contributed by atoms with Crippen LogP contribution in [0.15, 0.2) is 18.2 Å². The maximum atomic E-state index is 11.0. The van der Waals surface area contributed by atoms with Crippen LogP contribution in [0, 0.1) is 0 Å². The third kappa shape index (κ3) is 3.42. The summed E-state index contributed by atoms with van der Waals surface area (Å²) < 4.78 is 0. The van der Waals surface area contributed by atoms with Crippen molar-refractivity contribution in [1.29, 1.82) is 0 Å². The van der Waals surface area contributed by atoms with Crippen molar-refractivity contribution in [2.45, 2.75) is 26.3 Å². The van der Waals surface area contributed by atoms with Crippen LogP contribution in [0.1, 0.15) is 30.9 Å². The van der Waals surface area contributed by atoms with Crippen molar-refractivity contribution in [3.05, 3.63) is 34.3 Å². The van der Waals surface area contributed by atoms with Crippen molar-refractivity contribution < 1.29 is 4.79 Å². The van der Waals surface area contributed by atoms with Gasteiger partial charge in [-0.3, -0.25) is 0 Å². The molecule has 0 saturated heterocycles. The smallest absolute Gasteiger partial charge is 0.314 e. The Labute approximate surface area is 101 Å². The van der Waals surface area contributed by atoms with Gasteiger partial charge in [0.2, 0.25) is 0 Å². The summed E-state index contributed by atoms with van der Waals surface area (Å²) in [5.74, 6) is 0.457. The quantitative estimate of drug-likeness (QED) is 0.838. The van der Waals surface area contributed by atoms with Crippen LogP contribution in [0.4, 0.5) is 4.79 Å². The molecule has 16 heavy (non-hydrogen) atoms. The zero-order valence-electron chi connectivity index (χ0n) is 9.80. The zero-order chi connectivity index (χ0) is 12.1. The highest BCUT2D eigenvalue weighted by atomic mass is 35.5. The van der Waals surface area contributed by atoms with E-state index in [-0.39, 0.29) is 6.03 Å². The van der Waals surface area contributed by atoms with Gasteiger partial charge in [0.05, 0.1) is 0 Å². The summed E-state index contributed by atoms with van der Waals surface area (Å²) in [7, 11) is 1.58. The first-order chi connectivity index (χ1) is 7.54. The molecule has 0 saturated carbocycles. The molecule has 2 N–H and O–H groups in total. The van der Waals surface area contributed by atoms with E-state index >= 15 is 0 Å². The van der Waals surface area contributed by atoms with E-state index in [1.807, 2.05) is 18.2 Å². The molecule has 0 aliphatic rings. The molecule has 0 fully saturated rings. The lowest BCUT2D eigenvalue weighted by Crippen LogP contribution is -2.32. The minimum Gasteiger partial charge on any atom is -0.341 e. The molecule has 0 bridgehead atoms. The average molecular weight is 241 g/mol. The number of hydrogen-bond acceptors (Lipinski definition) is 1. The molecule has 0 aliphatic heterocycles. The van der Waals surface area contributed by atoms with Crippen molar-refractivity contribution >= 4 is 17.6 Å². The zero-order valence-corrected chi connectivity index (χ0v) is 10.6. The van der Waals surface area contributed by atoms with Crippen molar-refractivity contribution in [3.63, 3.8) is 0 Å². The molecular weight excluding hydrogens is 224 g/mol. The molecule has 0 aliphatic carbocycles. The summed E-state index contributed by atoms with van der Waals surface area (Å²) in [6.07, 6.45) is 0. The number of benzene rings is 1. The molecule has 1 rings (SSSR count). The second-order valence-electron chi connectivity index (χ2n) is 3.94. The Morgan fingerprint density at radius 1 is 1.44 bits per heavy atom. The van der Waals surface area contributed by atoms with Gasteiger partial charge < -0.3 is 10.6 Å². The van der Waals surface area contributed by atoms with Crippen LogP contribution in [-0.4, -0.2) is 13.1 Å². The Balaban J connectivity index is 2.72. The third-order valence-corrected chi connectivity index (χ3v) is 2.76. The first-order valence-corrected chi connectivity index (χ1v) is 5.66. The van der Waals surface area contributed by atoms with Gasteiger partial charge in [-0.2, -0.15) is 0 Å². The number of urea groups is 1. The van der Waals surface area contributed by atoms with Gasteiger partial charge in [-0.15, -0.1) is 0 Å². The number of carbonyl (C=O) groups is 1.